The molecule has 2 heterocycles. The summed E-state index contributed by atoms with van der Waals surface area (Å²) in [4.78, 5) is 0. The number of nitrogens with one attached hydrogen (secondary N) is 2. The van der Waals surface area contributed by atoms with Gasteiger partial charge in [0.15, 0.2) is 0 Å². The molecule has 1 aliphatic carbocycles. The molecule has 1 fully saturated rings. The summed E-state index contributed by atoms with van der Waals surface area (Å²) < 4.78 is 59.9. The van der Waals surface area contributed by atoms with Crippen molar-refractivity contribution in [3.63, 3.8) is 0 Å². The normalized spacial score (nSPS) is 32.2. The zero-order valence-corrected chi connectivity index (χ0v) is 15.6. The van der Waals surface area contributed by atoms with Gasteiger partial charge in [-0.15, -0.1) is 0 Å². The topological polar surface area (TPSA) is 33.3 Å². The van der Waals surface area contributed by atoms with Crippen molar-refractivity contribution in [2.75, 3.05) is 18.9 Å². The Hall–Kier alpha value is -1.86. The quantitative estimate of drug-likeness (QED) is 0.707. The molecule has 0 spiro atoms. The SMILES string of the molecule is CNC[C@H]1CC[C@@H]2[C@H](O1)c1cc(C(F)(F)F)ccc1N[C@H]2C1C=CC=C(F)C1. The predicted octanol–water partition coefficient (Wildman–Crippen LogP) is 4.98. The second-order valence-electron chi connectivity index (χ2n) is 7.81. The molecular weight excluding hydrogens is 372 g/mol. The lowest BCUT2D eigenvalue weighted by molar-refractivity contribution is -0.138. The average molecular weight is 396 g/mol. The predicted molar refractivity (Wildman–Crippen MR) is 99.6 cm³/mol. The Morgan fingerprint density at radius 2 is 2.07 bits per heavy atom. The van der Waals surface area contributed by atoms with Crippen LogP contribution in [-0.4, -0.2) is 25.7 Å². The Labute approximate surface area is 161 Å². The van der Waals surface area contributed by atoms with Crippen LogP contribution in [0.25, 0.3) is 0 Å². The first-order chi connectivity index (χ1) is 13.4. The lowest BCUT2D eigenvalue weighted by Crippen LogP contribution is -2.48. The van der Waals surface area contributed by atoms with Gasteiger partial charge < -0.3 is 15.4 Å². The summed E-state index contributed by atoms with van der Waals surface area (Å²) in [5.41, 5.74) is 0.525. The summed E-state index contributed by atoms with van der Waals surface area (Å²) in [7, 11) is 1.83. The van der Waals surface area contributed by atoms with Gasteiger partial charge in [0.05, 0.1) is 17.8 Å². The summed E-state index contributed by atoms with van der Waals surface area (Å²) in [5.74, 6) is -0.240. The lowest BCUT2D eigenvalue weighted by Gasteiger charge is -2.47. The number of ether oxygens (including phenoxy) is 1. The minimum absolute atomic E-state index is 0.00959. The van der Waals surface area contributed by atoms with Crippen molar-refractivity contribution in [2.45, 2.75) is 43.7 Å². The maximum Gasteiger partial charge on any atom is 0.416 e. The molecule has 28 heavy (non-hydrogen) atoms. The van der Waals surface area contributed by atoms with Crippen LogP contribution >= 0.6 is 0 Å². The van der Waals surface area contributed by atoms with Crippen molar-refractivity contribution in [2.24, 2.45) is 11.8 Å². The Bertz CT molecular complexity index is 789. The molecule has 2 N–H and O–H groups in total. The zero-order valence-electron chi connectivity index (χ0n) is 15.6. The van der Waals surface area contributed by atoms with E-state index in [4.69, 9.17) is 4.74 Å². The fourth-order valence-corrected chi connectivity index (χ4v) is 4.68. The van der Waals surface area contributed by atoms with E-state index in [-0.39, 0.29) is 29.8 Å². The molecule has 7 heteroatoms. The monoisotopic (exact) mass is 396 g/mol. The van der Waals surface area contributed by atoms with Gasteiger partial charge in [0, 0.05) is 42.1 Å². The van der Waals surface area contributed by atoms with Crippen LogP contribution < -0.4 is 10.6 Å². The van der Waals surface area contributed by atoms with E-state index in [0.717, 1.165) is 18.9 Å². The van der Waals surface area contributed by atoms with Crippen LogP contribution in [0.1, 0.15) is 36.5 Å². The summed E-state index contributed by atoms with van der Waals surface area (Å²) in [5, 5.41) is 6.49. The number of anilines is 1. The first kappa shape index (κ1) is 19.5. The van der Waals surface area contributed by atoms with Crippen LogP contribution in [0, 0.1) is 11.8 Å². The van der Waals surface area contributed by atoms with E-state index >= 15 is 0 Å². The second-order valence-corrected chi connectivity index (χ2v) is 7.81. The molecule has 1 aromatic rings. The number of rotatable bonds is 3. The number of halogens is 4. The number of allylic oxidation sites excluding steroid dienone is 3. The van der Waals surface area contributed by atoms with E-state index in [2.05, 4.69) is 10.6 Å². The van der Waals surface area contributed by atoms with Crippen molar-refractivity contribution < 1.29 is 22.3 Å². The molecule has 3 nitrogen and oxygen atoms in total. The van der Waals surface area contributed by atoms with Crippen molar-refractivity contribution in [3.8, 4) is 0 Å². The first-order valence-electron chi connectivity index (χ1n) is 9.67. The maximum atomic E-state index is 13.9. The highest BCUT2D eigenvalue weighted by Gasteiger charge is 2.45. The third-order valence-corrected chi connectivity index (χ3v) is 5.98. The van der Waals surface area contributed by atoms with Gasteiger partial charge in [-0.2, -0.15) is 13.2 Å². The number of benzene rings is 1. The Balaban J connectivity index is 1.70. The van der Waals surface area contributed by atoms with Gasteiger partial charge in [-0.3, -0.25) is 0 Å². The molecule has 1 saturated heterocycles. The third-order valence-electron chi connectivity index (χ3n) is 5.98. The van der Waals surface area contributed by atoms with Gasteiger partial charge in [0.2, 0.25) is 0 Å². The summed E-state index contributed by atoms with van der Waals surface area (Å²) in [6.07, 6.45) is 2.21. The number of likely N-dealkylation sites (N-methyl/N-ethyl adjacent to an activating group) is 1. The van der Waals surface area contributed by atoms with E-state index in [1.807, 2.05) is 13.1 Å². The number of fused-ring (bicyclic) bond motifs is 3. The van der Waals surface area contributed by atoms with Gasteiger partial charge >= 0.3 is 6.18 Å². The molecule has 4 rings (SSSR count). The van der Waals surface area contributed by atoms with E-state index in [0.29, 0.717) is 24.2 Å². The largest absolute Gasteiger partial charge is 0.416 e. The van der Waals surface area contributed by atoms with Crippen LogP contribution in [-0.2, 0) is 10.9 Å². The fourth-order valence-electron chi connectivity index (χ4n) is 4.68. The molecule has 1 aromatic carbocycles. The second kappa shape index (κ2) is 7.52. The van der Waals surface area contributed by atoms with Crippen LogP contribution in [0.4, 0.5) is 23.2 Å². The molecule has 0 aromatic heterocycles. The minimum atomic E-state index is -4.40. The standard InChI is InChI=1S/C21H24F4N2O/c1-26-11-15-6-7-16-19(12-3-2-4-14(22)9-12)27-18-8-5-13(21(23,24)25)10-17(18)20(16)28-15/h2-5,8,10,12,15-16,19-20,26-27H,6-7,9,11H2,1H3/t12?,15-,16+,19+,20+/m1/s1. The molecule has 152 valence electrons. The van der Waals surface area contributed by atoms with Gasteiger partial charge in [0.25, 0.3) is 0 Å². The van der Waals surface area contributed by atoms with Crippen LogP contribution in [0.3, 0.4) is 0 Å². The molecular formula is C21H24F4N2O. The van der Waals surface area contributed by atoms with Crippen molar-refractivity contribution in [1.82, 2.24) is 5.32 Å². The molecule has 0 saturated carbocycles. The minimum Gasteiger partial charge on any atom is -0.381 e. The van der Waals surface area contributed by atoms with E-state index in [1.54, 1.807) is 6.08 Å². The molecule has 5 atom stereocenters. The van der Waals surface area contributed by atoms with E-state index < -0.39 is 17.8 Å². The van der Waals surface area contributed by atoms with Crippen molar-refractivity contribution >= 4 is 5.69 Å². The highest BCUT2D eigenvalue weighted by molar-refractivity contribution is 5.58. The Kier molecular flexibility index (Phi) is 5.22. The average Bonchev–Trinajstić information content (AvgIpc) is 2.66. The molecule has 2 aliphatic heterocycles. The maximum absolute atomic E-state index is 13.9. The lowest BCUT2D eigenvalue weighted by atomic mass is 9.72. The Morgan fingerprint density at radius 1 is 1.25 bits per heavy atom. The molecule has 1 unspecified atom stereocenters. The smallest absolute Gasteiger partial charge is 0.381 e. The highest BCUT2D eigenvalue weighted by Crippen LogP contribution is 2.49. The molecule has 3 aliphatic rings. The Morgan fingerprint density at radius 3 is 2.79 bits per heavy atom. The first-order valence-corrected chi connectivity index (χ1v) is 9.67. The summed E-state index contributed by atoms with van der Waals surface area (Å²) >= 11 is 0. The molecule has 0 bridgehead atoms. The number of alkyl halides is 3. The molecule has 0 amide bonds. The molecule has 0 radical (unpaired) electrons. The fraction of sp³-hybridized carbons (Fsp3) is 0.524. The number of hydrogen-bond acceptors (Lipinski definition) is 3. The zero-order chi connectivity index (χ0) is 19.9. The van der Waals surface area contributed by atoms with Crippen molar-refractivity contribution in [3.05, 3.63) is 53.4 Å². The third kappa shape index (κ3) is 3.70. The highest BCUT2D eigenvalue weighted by atomic mass is 19.4. The number of hydrogen-bond donors (Lipinski definition) is 2. The van der Waals surface area contributed by atoms with E-state index in [9.17, 15) is 17.6 Å². The van der Waals surface area contributed by atoms with Gasteiger partial charge in [0.1, 0.15) is 5.83 Å². The van der Waals surface area contributed by atoms with Gasteiger partial charge in [-0.05, 0) is 44.2 Å². The van der Waals surface area contributed by atoms with Gasteiger partial charge in [-0.25, -0.2) is 4.39 Å². The van der Waals surface area contributed by atoms with Gasteiger partial charge in [-0.1, -0.05) is 12.2 Å². The van der Waals surface area contributed by atoms with Crippen LogP contribution in [0.15, 0.2) is 42.3 Å². The summed E-state index contributed by atoms with van der Waals surface area (Å²) in [6.45, 7) is 0.649. The van der Waals surface area contributed by atoms with Crippen LogP contribution in [0.2, 0.25) is 0 Å². The summed E-state index contributed by atoms with van der Waals surface area (Å²) in [6, 6.07) is 3.69. The van der Waals surface area contributed by atoms with Crippen LogP contribution in [0.5, 0.6) is 0 Å². The van der Waals surface area contributed by atoms with Crippen molar-refractivity contribution in [1.29, 1.82) is 0 Å². The van der Waals surface area contributed by atoms with E-state index in [1.165, 1.54) is 18.2 Å².